The summed E-state index contributed by atoms with van der Waals surface area (Å²) in [6, 6.07) is 8.69. The summed E-state index contributed by atoms with van der Waals surface area (Å²) in [7, 11) is 3.17. The van der Waals surface area contributed by atoms with Gasteiger partial charge < -0.3 is 9.47 Å². The Kier molecular flexibility index (Phi) is 5.12. The van der Waals surface area contributed by atoms with Crippen LogP contribution in [0.3, 0.4) is 0 Å². The molecule has 0 fully saturated rings. The molecule has 0 radical (unpaired) electrons. The summed E-state index contributed by atoms with van der Waals surface area (Å²) in [5.74, 6) is 0.979. The van der Waals surface area contributed by atoms with Gasteiger partial charge in [0.1, 0.15) is 5.82 Å². The topological polar surface area (TPSA) is 18.5 Å². The Hall–Kier alpha value is -1.26. The van der Waals surface area contributed by atoms with Gasteiger partial charge >= 0.3 is 0 Å². The number of alkyl halides is 1. The summed E-state index contributed by atoms with van der Waals surface area (Å²) in [6.07, 6.45) is 0. The molecule has 0 bridgehead atoms. The number of methoxy groups -OCH3 is 2. The highest BCUT2D eigenvalue weighted by molar-refractivity contribution is 9.09. The van der Waals surface area contributed by atoms with Crippen LogP contribution < -0.4 is 9.47 Å². The van der Waals surface area contributed by atoms with Gasteiger partial charge in [-0.2, -0.15) is 0 Å². The second-order valence-corrected chi connectivity index (χ2v) is 5.92. The Morgan fingerprint density at radius 1 is 1.10 bits per heavy atom. The number of hydrogen-bond donors (Lipinski definition) is 0. The third kappa shape index (κ3) is 3.33. The van der Waals surface area contributed by atoms with Crippen molar-refractivity contribution in [2.75, 3.05) is 14.2 Å². The van der Waals surface area contributed by atoms with Gasteiger partial charge in [-0.1, -0.05) is 39.7 Å². The zero-order valence-corrected chi connectivity index (χ0v) is 14.3. The molecule has 2 aromatic carbocycles. The van der Waals surface area contributed by atoms with Gasteiger partial charge in [0, 0.05) is 5.02 Å². The molecule has 0 heterocycles. The predicted molar refractivity (Wildman–Crippen MR) is 86.5 cm³/mol. The largest absolute Gasteiger partial charge is 0.493 e. The molecule has 0 saturated carbocycles. The van der Waals surface area contributed by atoms with Crippen molar-refractivity contribution in [3.05, 3.63) is 57.9 Å². The maximum absolute atomic E-state index is 13.5. The minimum absolute atomic E-state index is 0.163. The second kappa shape index (κ2) is 6.67. The van der Waals surface area contributed by atoms with Gasteiger partial charge in [0.05, 0.1) is 19.0 Å². The highest BCUT2D eigenvalue weighted by Crippen LogP contribution is 2.39. The summed E-state index contributed by atoms with van der Waals surface area (Å²) in [5.41, 5.74) is 2.31. The lowest BCUT2D eigenvalue weighted by Gasteiger charge is -2.16. The molecule has 0 aromatic heterocycles. The quantitative estimate of drug-likeness (QED) is 0.678. The summed E-state index contributed by atoms with van der Waals surface area (Å²) in [5, 5.41) is 0.384. The van der Waals surface area contributed by atoms with Crippen LogP contribution in [0.15, 0.2) is 30.3 Å². The molecular formula is C16H15BrClFO2. The minimum atomic E-state index is -0.309. The summed E-state index contributed by atoms with van der Waals surface area (Å²) < 4.78 is 24.0. The number of hydrogen-bond acceptors (Lipinski definition) is 2. The molecule has 0 aliphatic rings. The third-order valence-electron chi connectivity index (χ3n) is 3.25. The number of rotatable bonds is 4. The lowest BCUT2D eigenvalue weighted by molar-refractivity contribution is 0.354. The molecule has 21 heavy (non-hydrogen) atoms. The second-order valence-electron chi connectivity index (χ2n) is 4.60. The van der Waals surface area contributed by atoms with Crippen molar-refractivity contribution in [2.45, 2.75) is 11.8 Å². The first-order valence-corrected chi connectivity index (χ1v) is 7.58. The van der Waals surface area contributed by atoms with E-state index in [-0.39, 0.29) is 10.6 Å². The van der Waals surface area contributed by atoms with Crippen LogP contribution >= 0.6 is 27.5 Å². The Balaban J connectivity index is 2.45. The number of aryl methyl sites for hydroxylation is 1. The van der Waals surface area contributed by atoms with E-state index in [1.165, 1.54) is 6.07 Å². The average molecular weight is 374 g/mol. The molecule has 1 unspecified atom stereocenters. The summed E-state index contributed by atoms with van der Waals surface area (Å²) in [4.78, 5) is -0.163. The highest BCUT2D eigenvalue weighted by Gasteiger charge is 2.17. The van der Waals surface area contributed by atoms with Crippen LogP contribution in [0.5, 0.6) is 11.5 Å². The zero-order chi connectivity index (χ0) is 15.6. The van der Waals surface area contributed by atoms with E-state index in [1.807, 2.05) is 18.2 Å². The molecule has 2 aromatic rings. The van der Waals surface area contributed by atoms with Gasteiger partial charge in [-0.15, -0.1) is 0 Å². The van der Waals surface area contributed by atoms with Crippen molar-refractivity contribution in [1.82, 2.24) is 0 Å². The lowest BCUT2D eigenvalue weighted by atomic mass is 10.0. The van der Waals surface area contributed by atoms with Crippen LogP contribution in [0.4, 0.5) is 4.39 Å². The molecule has 0 saturated heterocycles. The van der Waals surface area contributed by atoms with Gasteiger partial charge in [0.15, 0.2) is 11.5 Å². The summed E-state index contributed by atoms with van der Waals surface area (Å²) >= 11 is 9.76. The first kappa shape index (κ1) is 16.1. The Bertz CT molecular complexity index is 661. The normalized spacial score (nSPS) is 12.1. The van der Waals surface area contributed by atoms with E-state index in [9.17, 15) is 4.39 Å². The van der Waals surface area contributed by atoms with Crippen molar-refractivity contribution in [3.8, 4) is 11.5 Å². The van der Waals surface area contributed by atoms with E-state index in [2.05, 4.69) is 15.9 Å². The molecule has 1 atom stereocenters. The molecule has 2 rings (SSSR count). The van der Waals surface area contributed by atoms with Crippen LogP contribution in [-0.2, 0) is 0 Å². The smallest absolute Gasteiger partial charge is 0.161 e. The molecule has 5 heteroatoms. The molecule has 0 aliphatic heterocycles. The highest BCUT2D eigenvalue weighted by atomic mass is 79.9. The fourth-order valence-corrected chi connectivity index (χ4v) is 3.12. The fraction of sp³-hybridized carbons (Fsp3) is 0.250. The van der Waals surface area contributed by atoms with E-state index in [0.29, 0.717) is 22.1 Å². The average Bonchev–Trinajstić information content (AvgIpc) is 2.49. The first-order valence-electron chi connectivity index (χ1n) is 6.29. The van der Waals surface area contributed by atoms with Gasteiger partial charge in [-0.05, 0) is 41.8 Å². The van der Waals surface area contributed by atoms with Crippen molar-refractivity contribution in [2.24, 2.45) is 0 Å². The monoisotopic (exact) mass is 372 g/mol. The van der Waals surface area contributed by atoms with E-state index in [4.69, 9.17) is 21.1 Å². The predicted octanol–water partition coefficient (Wildman–Crippen LogP) is 5.29. The van der Waals surface area contributed by atoms with Crippen molar-refractivity contribution < 1.29 is 13.9 Å². The van der Waals surface area contributed by atoms with Crippen LogP contribution in [0.25, 0.3) is 0 Å². The van der Waals surface area contributed by atoms with E-state index >= 15 is 0 Å². The number of halogens is 3. The van der Waals surface area contributed by atoms with E-state index in [0.717, 1.165) is 11.1 Å². The Morgan fingerprint density at radius 3 is 2.38 bits per heavy atom. The molecular weight excluding hydrogens is 359 g/mol. The first-order chi connectivity index (χ1) is 9.97. The van der Waals surface area contributed by atoms with E-state index < -0.39 is 0 Å². The molecule has 112 valence electrons. The molecule has 2 nitrogen and oxygen atoms in total. The number of ether oxygens (including phenoxy) is 2. The molecule has 0 aliphatic carbocycles. The van der Waals surface area contributed by atoms with Crippen LogP contribution in [0.2, 0.25) is 5.02 Å². The zero-order valence-electron chi connectivity index (χ0n) is 11.9. The van der Waals surface area contributed by atoms with Crippen LogP contribution in [0, 0.1) is 12.7 Å². The Labute approximate surface area is 137 Å². The maximum atomic E-state index is 13.5. The van der Waals surface area contributed by atoms with Crippen LogP contribution in [-0.4, -0.2) is 14.2 Å². The SMILES string of the molecule is COc1ccc(C(Br)c2cc(C)c(F)cc2Cl)cc1OC. The van der Waals surface area contributed by atoms with Gasteiger partial charge in [-0.25, -0.2) is 4.39 Å². The van der Waals surface area contributed by atoms with Crippen molar-refractivity contribution in [1.29, 1.82) is 0 Å². The van der Waals surface area contributed by atoms with Crippen molar-refractivity contribution in [3.63, 3.8) is 0 Å². The van der Waals surface area contributed by atoms with Crippen molar-refractivity contribution >= 4 is 27.5 Å². The maximum Gasteiger partial charge on any atom is 0.161 e. The van der Waals surface area contributed by atoms with E-state index in [1.54, 1.807) is 27.2 Å². The molecule has 0 amide bonds. The number of benzene rings is 2. The van der Waals surface area contributed by atoms with Crippen LogP contribution in [0.1, 0.15) is 21.5 Å². The molecule has 0 N–H and O–H groups in total. The third-order valence-corrected chi connectivity index (χ3v) is 4.60. The standard InChI is InChI=1S/C16H15BrClFO2/c1-9-6-11(12(18)8-13(9)19)16(17)10-4-5-14(20-2)15(7-10)21-3/h4-8,16H,1-3H3. The minimum Gasteiger partial charge on any atom is -0.493 e. The van der Waals surface area contributed by atoms with Gasteiger partial charge in [0.25, 0.3) is 0 Å². The van der Waals surface area contributed by atoms with Gasteiger partial charge in [-0.3, -0.25) is 0 Å². The van der Waals surface area contributed by atoms with Gasteiger partial charge in [0.2, 0.25) is 0 Å². The summed E-state index contributed by atoms with van der Waals surface area (Å²) in [6.45, 7) is 1.71. The molecule has 0 spiro atoms. The lowest BCUT2D eigenvalue weighted by Crippen LogP contribution is -1.98. The fourth-order valence-electron chi connectivity index (χ4n) is 2.06. The Morgan fingerprint density at radius 2 is 1.76 bits per heavy atom.